The number of nitrogens with zero attached hydrogens (tertiary/aromatic N) is 4. The van der Waals surface area contributed by atoms with Gasteiger partial charge in [-0.3, -0.25) is 19.3 Å². The van der Waals surface area contributed by atoms with E-state index in [4.69, 9.17) is 0 Å². The van der Waals surface area contributed by atoms with Gasteiger partial charge in [-0.15, -0.1) is 12.4 Å². The van der Waals surface area contributed by atoms with Crippen LogP contribution in [0.4, 0.5) is 11.4 Å². The Balaban J connectivity index is 0.00000306. The molecule has 182 valence electrons. The number of halogens is 1. The number of piperazine rings is 2. The zero-order valence-electron chi connectivity index (χ0n) is 19.7. The van der Waals surface area contributed by atoms with Gasteiger partial charge in [-0.2, -0.15) is 0 Å². The zero-order valence-corrected chi connectivity index (χ0v) is 20.5. The standard InChI is InChI=1S/C24H35N5O3.ClH/c1-18(2)23(31)25-19-6-3-7-20(16-19)27-14-12-26(13-15-27)9-5-10-28-17-22(30)29-11-4-8-21(29)24(28)32;/h3,6-7,16,18,21H,4-5,8-15,17H2,1-2H3,(H,25,31);1H. The maximum atomic E-state index is 12.7. The Bertz CT molecular complexity index is 856. The Hall–Kier alpha value is -2.32. The van der Waals surface area contributed by atoms with Crippen molar-refractivity contribution in [3.8, 4) is 0 Å². The van der Waals surface area contributed by atoms with Gasteiger partial charge in [0.2, 0.25) is 17.7 Å². The Morgan fingerprint density at radius 3 is 2.58 bits per heavy atom. The van der Waals surface area contributed by atoms with E-state index in [9.17, 15) is 14.4 Å². The van der Waals surface area contributed by atoms with Gasteiger partial charge in [0.05, 0.1) is 6.54 Å². The number of fused-ring (bicyclic) bond motifs is 1. The monoisotopic (exact) mass is 477 g/mol. The second kappa shape index (κ2) is 11.2. The van der Waals surface area contributed by atoms with Crippen LogP contribution in [0.1, 0.15) is 33.1 Å². The number of anilines is 2. The Labute approximate surface area is 202 Å². The van der Waals surface area contributed by atoms with E-state index in [2.05, 4.69) is 21.2 Å². The summed E-state index contributed by atoms with van der Waals surface area (Å²) in [4.78, 5) is 45.2. The molecular formula is C24H36ClN5O3. The highest BCUT2D eigenvalue weighted by molar-refractivity contribution is 5.95. The lowest BCUT2D eigenvalue weighted by atomic mass is 10.1. The van der Waals surface area contributed by atoms with Crippen LogP contribution in [0.5, 0.6) is 0 Å². The van der Waals surface area contributed by atoms with E-state index in [-0.39, 0.29) is 48.6 Å². The first-order chi connectivity index (χ1) is 15.4. The van der Waals surface area contributed by atoms with Crippen LogP contribution in [0.2, 0.25) is 0 Å². The minimum atomic E-state index is -0.208. The van der Waals surface area contributed by atoms with Gasteiger partial charge in [0.1, 0.15) is 6.04 Å². The molecule has 3 fully saturated rings. The summed E-state index contributed by atoms with van der Waals surface area (Å²) in [5, 5.41) is 2.97. The first-order valence-electron chi connectivity index (χ1n) is 11.9. The summed E-state index contributed by atoms with van der Waals surface area (Å²) in [6.07, 6.45) is 2.64. The molecule has 0 aromatic heterocycles. The summed E-state index contributed by atoms with van der Waals surface area (Å²) in [5.74, 6) is 0.225. The van der Waals surface area contributed by atoms with Crippen molar-refractivity contribution in [3.63, 3.8) is 0 Å². The first-order valence-corrected chi connectivity index (χ1v) is 11.9. The fourth-order valence-electron chi connectivity index (χ4n) is 4.84. The Kier molecular flexibility index (Phi) is 8.59. The molecule has 8 nitrogen and oxygen atoms in total. The van der Waals surface area contributed by atoms with Crippen LogP contribution in [0.25, 0.3) is 0 Å². The minimum Gasteiger partial charge on any atom is -0.369 e. The predicted molar refractivity (Wildman–Crippen MR) is 132 cm³/mol. The number of hydrogen-bond donors (Lipinski definition) is 1. The van der Waals surface area contributed by atoms with E-state index in [0.29, 0.717) is 6.54 Å². The van der Waals surface area contributed by atoms with Crippen molar-refractivity contribution in [1.29, 1.82) is 0 Å². The number of rotatable bonds is 7. The molecule has 33 heavy (non-hydrogen) atoms. The number of carbonyl (C=O) groups is 3. The second-order valence-corrected chi connectivity index (χ2v) is 9.38. The SMILES string of the molecule is CC(C)C(=O)Nc1cccc(N2CCN(CCCN3CC(=O)N4CCCC4C3=O)CC2)c1.Cl. The van der Waals surface area contributed by atoms with Crippen LogP contribution in [0.3, 0.4) is 0 Å². The van der Waals surface area contributed by atoms with E-state index in [1.54, 1.807) is 9.80 Å². The molecule has 1 atom stereocenters. The van der Waals surface area contributed by atoms with Gasteiger partial charge in [0.25, 0.3) is 0 Å². The van der Waals surface area contributed by atoms with Crippen LogP contribution in [-0.4, -0.2) is 90.8 Å². The molecule has 0 radical (unpaired) electrons. The molecule has 0 spiro atoms. The highest BCUT2D eigenvalue weighted by atomic mass is 35.5. The molecule has 4 rings (SSSR count). The third-order valence-corrected chi connectivity index (χ3v) is 6.77. The molecule has 1 unspecified atom stereocenters. The zero-order chi connectivity index (χ0) is 22.7. The number of benzene rings is 1. The molecule has 0 bridgehead atoms. The van der Waals surface area contributed by atoms with Crippen molar-refractivity contribution in [2.75, 3.05) is 62.6 Å². The summed E-state index contributed by atoms with van der Waals surface area (Å²) < 4.78 is 0. The van der Waals surface area contributed by atoms with E-state index in [0.717, 1.165) is 69.9 Å². The number of amides is 3. The molecular weight excluding hydrogens is 442 g/mol. The quantitative estimate of drug-likeness (QED) is 0.650. The van der Waals surface area contributed by atoms with Crippen LogP contribution < -0.4 is 10.2 Å². The summed E-state index contributed by atoms with van der Waals surface area (Å²) in [6, 6.07) is 7.84. The van der Waals surface area contributed by atoms with E-state index in [1.807, 2.05) is 32.0 Å². The van der Waals surface area contributed by atoms with Gasteiger partial charge in [0.15, 0.2) is 0 Å². The summed E-state index contributed by atoms with van der Waals surface area (Å²) in [7, 11) is 0. The van der Waals surface area contributed by atoms with Gasteiger partial charge in [0, 0.05) is 56.6 Å². The number of carbonyl (C=O) groups excluding carboxylic acids is 3. The highest BCUT2D eigenvalue weighted by Gasteiger charge is 2.41. The molecule has 1 aromatic rings. The fraction of sp³-hybridized carbons (Fsp3) is 0.625. The van der Waals surface area contributed by atoms with Crippen LogP contribution >= 0.6 is 12.4 Å². The molecule has 9 heteroatoms. The smallest absolute Gasteiger partial charge is 0.245 e. The van der Waals surface area contributed by atoms with Crippen molar-refractivity contribution in [2.45, 2.75) is 39.2 Å². The van der Waals surface area contributed by atoms with Crippen LogP contribution in [0, 0.1) is 5.92 Å². The summed E-state index contributed by atoms with van der Waals surface area (Å²) >= 11 is 0. The maximum absolute atomic E-state index is 12.7. The predicted octanol–water partition coefficient (Wildman–Crippen LogP) is 2.05. The molecule has 3 aliphatic rings. The Morgan fingerprint density at radius 1 is 1.09 bits per heavy atom. The van der Waals surface area contributed by atoms with Crippen molar-refractivity contribution in [1.82, 2.24) is 14.7 Å². The topological polar surface area (TPSA) is 76.2 Å². The molecule has 3 aliphatic heterocycles. The van der Waals surface area contributed by atoms with Gasteiger partial charge >= 0.3 is 0 Å². The van der Waals surface area contributed by atoms with Gasteiger partial charge in [-0.25, -0.2) is 0 Å². The molecule has 0 aliphatic carbocycles. The molecule has 3 saturated heterocycles. The van der Waals surface area contributed by atoms with E-state index < -0.39 is 0 Å². The van der Waals surface area contributed by atoms with Gasteiger partial charge in [-0.05, 0) is 44.0 Å². The average Bonchev–Trinajstić information content (AvgIpc) is 3.29. The summed E-state index contributed by atoms with van der Waals surface area (Å²) in [6.45, 7) is 10.1. The average molecular weight is 478 g/mol. The van der Waals surface area contributed by atoms with Gasteiger partial charge < -0.3 is 20.0 Å². The number of hydrogen-bond acceptors (Lipinski definition) is 5. The molecule has 3 heterocycles. The summed E-state index contributed by atoms with van der Waals surface area (Å²) in [5.41, 5.74) is 1.97. The van der Waals surface area contributed by atoms with Crippen molar-refractivity contribution in [2.24, 2.45) is 5.92 Å². The Morgan fingerprint density at radius 2 is 1.85 bits per heavy atom. The van der Waals surface area contributed by atoms with Crippen molar-refractivity contribution in [3.05, 3.63) is 24.3 Å². The third-order valence-electron chi connectivity index (χ3n) is 6.77. The second-order valence-electron chi connectivity index (χ2n) is 9.38. The first kappa shape index (κ1) is 25.3. The minimum absolute atomic E-state index is 0. The van der Waals surface area contributed by atoms with E-state index >= 15 is 0 Å². The largest absolute Gasteiger partial charge is 0.369 e. The normalized spacial score (nSPS) is 21.3. The maximum Gasteiger partial charge on any atom is 0.245 e. The van der Waals surface area contributed by atoms with Crippen molar-refractivity contribution < 1.29 is 14.4 Å². The fourth-order valence-corrected chi connectivity index (χ4v) is 4.84. The highest BCUT2D eigenvalue weighted by Crippen LogP contribution is 2.24. The molecule has 3 amide bonds. The lowest BCUT2D eigenvalue weighted by Gasteiger charge is -2.38. The van der Waals surface area contributed by atoms with Crippen LogP contribution in [0.15, 0.2) is 24.3 Å². The lowest BCUT2D eigenvalue weighted by Crippen LogP contribution is -2.57. The molecule has 0 saturated carbocycles. The van der Waals surface area contributed by atoms with Crippen LogP contribution in [-0.2, 0) is 14.4 Å². The van der Waals surface area contributed by atoms with E-state index in [1.165, 1.54) is 0 Å². The lowest BCUT2D eigenvalue weighted by molar-refractivity contribution is -0.153. The third kappa shape index (κ3) is 5.98. The molecule has 1 N–H and O–H groups in total. The molecule has 1 aromatic carbocycles. The van der Waals surface area contributed by atoms with Crippen molar-refractivity contribution >= 4 is 41.5 Å². The van der Waals surface area contributed by atoms with Gasteiger partial charge in [-0.1, -0.05) is 19.9 Å². The number of nitrogens with one attached hydrogen (secondary N) is 1.